The molecule has 1 amide bonds. The maximum absolute atomic E-state index is 12.1. The van der Waals surface area contributed by atoms with Crippen molar-refractivity contribution in [3.63, 3.8) is 0 Å². The highest BCUT2D eigenvalue weighted by molar-refractivity contribution is 8.02. The van der Waals surface area contributed by atoms with Crippen LogP contribution in [0.1, 0.15) is 5.56 Å². The number of rotatable bonds is 8. The monoisotopic (exact) mass is 404 g/mol. The lowest BCUT2D eigenvalue weighted by Gasteiger charge is -2.26. The van der Waals surface area contributed by atoms with Crippen LogP contribution < -0.4 is 5.32 Å². The van der Waals surface area contributed by atoms with Crippen LogP contribution in [0.5, 0.6) is 0 Å². The van der Waals surface area contributed by atoms with Crippen LogP contribution in [0.2, 0.25) is 0 Å². The Morgan fingerprint density at radius 2 is 2.00 bits per heavy atom. The fourth-order valence-electron chi connectivity index (χ4n) is 2.64. The summed E-state index contributed by atoms with van der Waals surface area (Å²) >= 11 is 3.00. The van der Waals surface area contributed by atoms with Gasteiger partial charge in [0, 0.05) is 43.5 Å². The lowest BCUT2D eigenvalue weighted by atomic mass is 10.2. The Bertz CT molecular complexity index is 754. The third-order valence-electron chi connectivity index (χ3n) is 4.03. The summed E-state index contributed by atoms with van der Waals surface area (Å²) in [6, 6.07) is 8.27. The molecular formula is C19H24N4O2S2. The number of benzene rings is 1. The van der Waals surface area contributed by atoms with Crippen LogP contribution in [-0.4, -0.2) is 65.9 Å². The fraction of sp³-hybridized carbons (Fsp3) is 0.421. The van der Waals surface area contributed by atoms with Crippen LogP contribution >= 0.6 is 23.5 Å². The van der Waals surface area contributed by atoms with Crippen LogP contribution in [0, 0.1) is 6.92 Å². The van der Waals surface area contributed by atoms with E-state index in [1.165, 1.54) is 17.3 Å². The number of nitrogens with one attached hydrogen (secondary N) is 1. The second-order valence-electron chi connectivity index (χ2n) is 6.18. The quantitative estimate of drug-likeness (QED) is 0.678. The topological polar surface area (TPSA) is 67.4 Å². The third-order valence-corrected chi connectivity index (χ3v) is 6.12. The highest BCUT2D eigenvalue weighted by Crippen LogP contribution is 2.32. The van der Waals surface area contributed by atoms with Crippen molar-refractivity contribution >= 4 is 29.4 Å². The molecule has 144 valence electrons. The molecule has 0 unspecified atom stereocenters. The summed E-state index contributed by atoms with van der Waals surface area (Å²) in [5.41, 5.74) is 1.21. The van der Waals surface area contributed by atoms with Crippen molar-refractivity contribution in [2.45, 2.75) is 21.9 Å². The van der Waals surface area contributed by atoms with Gasteiger partial charge in [-0.1, -0.05) is 41.2 Å². The Morgan fingerprint density at radius 1 is 1.22 bits per heavy atom. The molecule has 2 heterocycles. The van der Waals surface area contributed by atoms with Crippen molar-refractivity contribution < 1.29 is 9.53 Å². The Hall–Kier alpha value is -1.61. The van der Waals surface area contributed by atoms with Gasteiger partial charge in [0.2, 0.25) is 5.91 Å². The zero-order valence-electron chi connectivity index (χ0n) is 15.4. The zero-order chi connectivity index (χ0) is 18.9. The van der Waals surface area contributed by atoms with E-state index in [9.17, 15) is 4.79 Å². The Balaban J connectivity index is 1.46. The van der Waals surface area contributed by atoms with Gasteiger partial charge in [0.25, 0.3) is 0 Å². The average molecular weight is 405 g/mol. The summed E-state index contributed by atoms with van der Waals surface area (Å²) in [4.78, 5) is 24.4. The Labute approximate surface area is 168 Å². The molecule has 1 fully saturated rings. The molecule has 0 radical (unpaired) electrons. The van der Waals surface area contributed by atoms with E-state index < -0.39 is 0 Å². The van der Waals surface area contributed by atoms with E-state index in [1.807, 2.05) is 6.07 Å². The molecule has 2 aromatic rings. The first-order chi connectivity index (χ1) is 13.2. The van der Waals surface area contributed by atoms with E-state index in [0.29, 0.717) is 12.3 Å². The van der Waals surface area contributed by atoms with E-state index >= 15 is 0 Å². The molecule has 0 bridgehead atoms. The first-order valence-corrected chi connectivity index (χ1v) is 10.8. The molecule has 1 aromatic carbocycles. The van der Waals surface area contributed by atoms with Crippen LogP contribution in [-0.2, 0) is 9.53 Å². The highest BCUT2D eigenvalue weighted by atomic mass is 32.2. The van der Waals surface area contributed by atoms with Crippen molar-refractivity contribution in [3.05, 3.63) is 42.2 Å². The van der Waals surface area contributed by atoms with Crippen molar-refractivity contribution in [2.24, 2.45) is 0 Å². The molecule has 0 saturated carbocycles. The SMILES string of the molecule is Cc1cccc(Sc2nccnc2SCC(=O)NCCN2CCOCC2)c1. The van der Waals surface area contributed by atoms with Crippen LogP contribution in [0.25, 0.3) is 0 Å². The number of aryl methyl sites for hydroxylation is 1. The van der Waals surface area contributed by atoms with Gasteiger partial charge >= 0.3 is 0 Å². The molecule has 27 heavy (non-hydrogen) atoms. The number of morpholine rings is 1. The van der Waals surface area contributed by atoms with Crippen LogP contribution in [0.3, 0.4) is 0 Å². The first kappa shape index (κ1) is 20.1. The number of thioether (sulfide) groups is 1. The molecule has 0 spiro atoms. The number of nitrogens with zero attached hydrogens (tertiary/aromatic N) is 3. The maximum atomic E-state index is 12.1. The number of hydrogen-bond donors (Lipinski definition) is 1. The molecule has 0 aliphatic carbocycles. The summed E-state index contributed by atoms with van der Waals surface area (Å²) in [6.45, 7) is 7.00. The maximum Gasteiger partial charge on any atom is 0.230 e. The van der Waals surface area contributed by atoms with E-state index in [1.54, 1.807) is 24.2 Å². The van der Waals surface area contributed by atoms with Gasteiger partial charge in [0.05, 0.1) is 19.0 Å². The van der Waals surface area contributed by atoms with Gasteiger partial charge in [0.15, 0.2) is 0 Å². The van der Waals surface area contributed by atoms with Gasteiger partial charge in [-0.3, -0.25) is 9.69 Å². The summed E-state index contributed by atoms with van der Waals surface area (Å²) in [6.07, 6.45) is 3.35. The van der Waals surface area contributed by atoms with Gasteiger partial charge < -0.3 is 10.1 Å². The zero-order valence-corrected chi connectivity index (χ0v) is 17.0. The summed E-state index contributed by atoms with van der Waals surface area (Å²) in [7, 11) is 0. The van der Waals surface area contributed by atoms with E-state index in [4.69, 9.17) is 4.74 Å². The van der Waals surface area contributed by atoms with Crippen LogP contribution in [0.15, 0.2) is 51.6 Å². The van der Waals surface area contributed by atoms with Gasteiger partial charge in [0.1, 0.15) is 10.1 Å². The molecular weight excluding hydrogens is 380 g/mol. The second kappa shape index (κ2) is 10.7. The third kappa shape index (κ3) is 6.80. The molecule has 6 nitrogen and oxygen atoms in total. The first-order valence-electron chi connectivity index (χ1n) is 8.96. The largest absolute Gasteiger partial charge is 0.379 e. The molecule has 8 heteroatoms. The molecule has 1 N–H and O–H groups in total. The standard InChI is InChI=1S/C19H24N4O2S2/c1-15-3-2-4-16(13-15)27-19-18(21-5-6-22-19)26-14-17(24)20-7-8-23-9-11-25-12-10-23/h2-6,13H,7-12,14H2,1H3,(H,20,24). The normalized spacial score (nSPS) is 14.9. The average Bonchev–Trinajstić information content (AvgIpc) is 2.68. The van der Waals surface area contributed by atoms with Crippen molar-refractivity contribution in [3.8, 4) is 0 Å². The lowest BCUT2D eigenvalue weighted by molar-refractivity contribution is -0.118. The van der Waals surface area contributed by atoms with Crippen LogP contribution in [0.4, 0.5) is 0 Å². The second-order valence-corrected chi connectivity index (χ2v) is 8.20. The number of amides is 1. The van der Waals surface area contributed by atoms with Gasteiger partial charge in [-0.15, -0.1) is 0 Å². The summed E-state index contributed by atoms with van der Waals surface area (Å²) < 4.78 is 5.33. The summed E-state index contributed by atoms with van der Waals surface area (Å²) in [5.74, 6) is 0.355. The number of ether oxygens (including phenoxy) is 1. The van der Waals surface area contributed by atoms with Gasteiger partial charge in [-0.05, 0) is 19.1 Å². The predicted octanol–water partition coefficient (Wildman–Crippen LogP) is 2.48. The van der Waals surface area contributed by atoms with Crippen molar-refractivity contribution in [2.75, 3.05) is 45.1 Å². The highest BCUT2D eigenvalue weighted by Gasteiger charge is 2.12. The molecule has 0 atom stereocenters. The van der Waals surface area contributed by atoms with Crippen molar-refractivity contribution in [1.29, 1.82) is 0 Å². The molecule has 3 rings (SSSR count). The Morgan fingerprint density at radius 3 is 2.78 bits per heavy atom. The van der Waals surface area contributed by atoms with Gasteiger partial charge in [-0.2, -0.15) is 0 Å². The number of hydrogen-bond acceptors (Lipinski definition) is 7. The molecule has 1 aromatic heterocycles. The van der Waals surface area contributed by atoms with Gasteiger partial charge in [-0.25, -0.2) is 9.97 Å². The predicted molar refractivity (Wildman–Crippen MR) is 108 cm³/mol. The van der Waals surface area contributed by atoms with E-state index in [-0.39, 0.29) is 5.91 Å². The number of aromatic nitrogens is 2. The fourth-order valence-corrected chi connectivity index (χ4v) is 4.49. The lowest BCUT2D eigenvalue weighted by Crippen LogP contribution is -2.41. The minimum atomic E-state index is 0.0189. The van der Waals surface area contributed by atoms with E-state index in [0.717, 1.165) is 47.8 Å². The smallest absolute Gasteiger partial charge is 0.230 e. The minimum Gasteiger partial charge on any atom is -0.379 e. The Kier molecular flexibility index (Phi) is 7.94. The number of carbonyl (C=O) groups excluding carboxylic acids is 1. The van der Waals surface area contributed by atoms with Crippen molar-refractivity contribution in [1.82, 2.24) is 20.2 Å². The summed E-state index contributed by atoms with van der Waals surface area (Å²) in [5, 5.41) is 4.59. The molecule has 1 saturated heterocycles. The molecule has 1 aliphatic heterocycles. The number of carbonyl (C=O) groups is 1. The minimum absolute atomic E-state index is 0.0189. The van der Waals surface area contributed by atoms with E-state index in [2.05, 4.69) is 45.3 Å². The molecule has 1 aliphatic rings.